The lowest BCUT2D eigenvalue weighted by Crippen LogP contribution is -1.74. The van der Waals surface area contributed by atoms with Crippen LogP contribution >= 0.6 is 11.8 Å². The molecule has 0 aliphatic rings. The van der Waals surface area contributed by atoms with E-state index in [1.54, 1.807) is 0 Å². The second-order valence-electron chi connectivity index (χ2n) is 2.82. The first kappa shape index (κ1) is 9.40. The van der Waals surface area contributed by atoms with Crippen molar-refractivity contribution in [2.75, 3.05) is 0 Å². The Labute approximate surface area is 78.7 Å². The number of benzene rings is 1. The van der Waals surface area contributed by atoms with Gasteiger partial charge in [-0.25, -0.2) is 0 Å². The third kappa shape index (κ3) is 2.74. The fraction of sp³-hybridized carbons (Fsp3) is 0.273. The third-order valence-electron chi connectivity index (χ3n) is 1.67. The van der Waals surface area contributed by atoms with Gasteiger partial charge in [-0.1, -0.05) is 35.5 Å². The predicted octanol–water partition coefficient (Wildman–Crippen LogP) is 4.01. The van der Waals surface area contributed by atoms with Crippen LogP contribution in [0, 0.1) is 6.92 Å². The second-order valence-corrected chi connectivity index (χ2v) is 4.14. The summed E-state index contributed by atoms with van der Waals surface area (Å²) in [6, 6.07) is 8.57. The molecule has 0 aliphatic carbocycles. The van der Waals surface area contributed by atoms with Crippen LogP contribution in [-0.4, -0.2) is 0 Å². The van der Waals surface area contributed by atoms with Crippen molar-refractivity contribution in [1.82, 2.24) is 0 Å². The van der Waals surface area contributed by atoms with Crippen LogP contribution in [0.2, 0.25) is 0 Å². The highest BCUT2D eigenvalue weighted by Gasteiger charge is 1.93. The monoisotopic (exact) mass is 178 g/mol. The molecule has 1 heteroatoms. The molecular weight excluding hydrogens is 164 g/mol. The van der Waals surface area contributed by atoms with Crippen molar-refractivity contribution in [3.8, 4) is 0 Å². The largest absolute Gasteiger partial charge is 0.0952 e. The van der Waals surface area contributed by atoms with Gasteiger partial charge >= 0.3 is 0 Å². The molecule has 0 amide bonds. The maximum Gasteiger partial charge on any atom is 0.0121 e. The summed E-state index contributed by atoms with van der Waals surface area (Å²) < 4.78 is 0. The first-order valence-electron chi connectivity index (χ1n) is 4.10. The minimum atomic E-state index is 1.32. The minimum absolute atomic E-state index is 1.32. The Morgan fingerprint density at radius 2 is 2.17 bits per heavy atom. The lowest BCUT2D eigenvalue weighted by molar-refractivity contribution is 1.36. The van der Waals surface area contributed by atoms with E-state index in [0.717, 1.165) is 0 Å². The maximum absolute atomic E-state index is 2.21. The summed E-state index contributed by atoms with van der Waals surface area (Å²) in [6.45, 7) is 6.32. The Morgan fingerprint density at radius 3 is 2.75 bits per heavy atom. The highest BCUT2D eigenvalue weighted by atomic mass is 32.2. The summed E-state index contributed by atoms with van der Waals surface area (Å²) in [5, 5.41) is 0. The molecule has 0 atom stereocenters. The van der Waals surface area contributed by atoms with E-state index in [1.807, 2.05) is 11.8 Å². The van der Waals surface area contributed by atoms with E-state index in [0.29, 0.717) is 0 Å². The summed E-state index contributed by atoms with van der Waals surface area (Å²) in [6.07, 6.45) is 2.13. The quantitative estimate of drug-likeness (QED) is 0.616. The van der Waals surface area contributed by atoms with Crippen LogP contribution in [-0.2, 0) is 0 Å². The van der Waals surface area contributed by atoms with E-state index < -0.39 is 0 Å². The van der Waals surface area contributed by atoms with Gasteiger partial charge in [-0.2, -0.15) is 0 Å². The summed E-state index contributed by atoms with van der Waals surface area (Å²) in [5.41, 5.74) is 1.32. The van der Waals surface area contributed by atoms with Crippen LogP contribution in [0.25, 0.3) is 0 Å². The first-order chi connectivity index (χ1) is 5.72. The molecule has 1 rings (SSSR count). The van der Waals surface area contributed by atoms with E-state index in [-0.39, 0.29) is 0 Å². The summed E-state index contributed by atoms with van der Waals surface area (Å²) in [5.74, 6) is 0. The Hall–Kier alpha value is -0.690. The van der Waals surface area contributed by atoms with E-state index >= 15 is 0 Å². The molecule has 1 aromatic rings. The Morgan fingerprint density at radius 1 is 1.42 bits per heavy atom. The topological polar surface area (TPSA) is 0 Å². The van der Waals surface area contributed by atoms with Gasteiger partial charge in [-0.15, -0.1) is 0 Å². The van der Waals surface area contributed by atoms with Gasteiger partial charge in [0.25, 0.3) is 0 Å². The molecule has 0 N–H and O–H groups in total. The van der Waals surface area contributed by atoms with Crippen molar-refractivity contribution < 1.29 is 0 Å². The fourth-order valence-electron chi connectivity index (χ4n) is 0.924. The molecule has 0 nitrogen and oxygen atoms in total. The zero-order chi connectivity index (χ0) is 8.97. The average molecular weight is 178 g/mol. The third-order valence-corrected chi connectivity index (χ3v) is 2.72. The normalized spacial score (nSPS) is 11.8. The Kier molecular flexibility index (Phi) is 3.42. The molecular formula is C11H14S. The molecule has 0 aromatic heterocycles. The molecule has 1 aromatic carbocycles. The maximum atomic E-state index is 2.21. The van der Waals surface area contributed by atoms with Crippen LogP contribution < -0.4 is 0 Å². The van der Waals surface area contributed by atoms with Crippen molar-refractivity contribution in [2.45, 2.75) is 25.7 Å². The summed E-state index contributed by atoms with van der Waals surface area (Å²) >= 11 is 1.82. The van der Waals surface area contributed by atoms with Crippen molar-refractivity contribution in [1.29, 1.82) is 0 Å². The van der Waals surface area contributed by atoms with E-state index in [1.165, 1.54) is 15.4 Å². The Balaban J connectivity index is 2.76. The number of hydrogen-bond acceptors (Lipinski definition) is 1. The zero-order valence-electron chi connectivity index (χ0n) is 7.79. The van der Waals surface area contributed by atoms with Gasteiger partial charge in [-0.05, 0) is 37.8 Å². The molecule has 0 saturated carbocycles. The molecule has 0 radical (unpaired) electrons. The van der Waals surface area contributed by atoms with Crippen LogP contribution in [0.5, 0.6) is 0 Å². The van der Waals surface area contributed by atoms with Gasteiger partial charge in [0.1, 0.15) is 0 Å². The van der Waals surface area contributed by atoms with Gasteiger partial charge in [0, 0.05) is 4.90 Å². The molecule has 0 spiro atoms. The van der Waals surface area contributed by atoms with Crippen LogP contribution in [0.1, 0.15) is 19.4 Å². The van der Waals surface area contributed by atoms with Gasteiger partial charge in [-0.3, -0.25) is 0 Å². The van der Waals surface area contributed by atoms with E-state index in [9.17, 15) is 0 Å². The average Bonchev–Trinajstić information content (AvgIpc) is 2.04. The highest BCUT2D eigenvalue weighted by molar-refractivity contribution is 8.03. The summed E-state index contributed by atoms with van der Waals surface area (Å²) in [7, 11) is 0. The molecule has 0 saturated heterocycles. The molecule has 64 valence electrons. The van der Waals surface area contributed by atoms with Crippen molar-refractivity contribution in [2.24, 2.45) is 0 Å². The van der Waals surface area contributed by atoms with Gasteiger partial charge < -0.3 is 0 Å². The first-order valence-corrected chi connectivity index (χ1v) is 4.91. The molecule has 0 fully saturated rings. The van der Waals surface area contributed by atoms with Crippen molar-refractivity contribution in [3.05, 3.63) is 40.8 Å². The zero-order valence-corrected chi connectivity index (χ0v) is 8.61. The van der Waals surface area contributed by atoms with E-state index in [4.69, 9.17) is 0 Å². The molecule has 0 heterocycles. The number of allylic oxidation sites excluding steroid dienone is 2. The summed E-state index contributed by atoms with van der Waals surface area (Å²) in [4.78, 5) is 2.67. The smallest absolute Gasteiger partial charge is 0.0121 e. The van der Waals surface area contributed by atoms with Gasteiger partial charge in [0.05, 0.1) is 0 Å². The van der Waals surface area contributed by atoms with E-state index in [2.05, 4.69) is 51.1 Å². The van der Waals surface area contributed by atoms with Crippen molar-refractivity contribution >= 4 is 11.8 Å². The molecule has 0 bridgehead atoms. The minimum Gasteiger partial charge on any atom is -0.0952 e. The van der Waals surface area contributed by atoms with Crippen molar-refractivity contribution in [3.63, 3.8) is 0 Å². The molecule has 0 aliphatic heterocycles. The number of thioether (sulfide) groups is 1. The molecule has 12 heavy (non-hydrogen) atoms. The number of hydrogen-bond donors (Lipinski definition) is 0. The SMILES string of the molecule is C/C=C(/C)Sc1cccc(C)c1. The van der Waals surface area contributed by atoms with Crippen LogP contribution in [0.4, 0.5) is 0 Å². The van der Waals surface area contributed by atoms with Crippen LogP contribution in [0.15, 0.2) is 40.1 Å². The predicted molar refractivity (Wildman–Crippen MR) is 56.5 cm³/mol. The van der Waals surface area contributed by atoms with Gasteiger partial charge in [0.2, 0.25) is 0 Å². The van der Waals surface area contributed by atoms with Crippen LogP contribution in [0.3, 0.4) is 0 Å². The Bertz CT molecular complexity index is 287. The number of rotatable bonds is 2. The lowest BCUT2D eigenvalue weighted by Gasteiger charge is -2.01. The standard InChI is InChI=1S/C11H14S/c1-4-10(3)12-11-7-5-6-9(2)8-11/h4-8H,1-3H3/b10-4-. The number of aryl methyl sites for hydroxylation is 1. The molecule has 0 unspecified atom stereocenters. The highest BCUT2D eigenvalue weighted by Crippen LogP contribution is 2.26. The van der Waals surface area contributed by atoms with Gasteiger partial charge in [0.15, 0.2) is 0 Å². The lowest BCUT2D eigenvalue weighted by atomic mass is 10.2. The second kappa shape index (κ2) is 4.36. The fourth-order valence-corrected chi connectivity index (χ4v) is 1.80.